The minimum Gasteiger partial charge on any atom is -0.324 e. The number of nitrogens with one attached hydrogen (secondary N) is 1. The maximum Gasteiger partial charge on any atom is 0.252 e. The summed E-state index contributed by atoms with van der Waals surface area (Å²) in [5.41, 5.74) is 3.33. The molecule has 4 rings (SSSR count). The van der Waals surface area contributed by atoms with Gasteiger partial charge in [0.25, 0.3) is 5.91 Å². The van der Waals surface area contributed by atoms with E-state index in [1.807, 2.05) is 45.0 Å². The van der Waals surface area contributed by atoms with Crippen LogP contribution in [0.2, 0.25) is 5.02 Å². The lowest BCUT2D eigenvalue weighted by atomic mass is 9.97. The first kappa shape index (κ1) is 25.6. The van der Waals surface area contributed by atoms with Gasteiger partial charge < -0.3 is 10.2 Å². The number of hydrogen-bond acceptors (Lipinski definition) is 3. The van der Waals surface area contributed by atoms with Crippen LogP contribution in [0.5, 0.6) is 0 Å². The zero-order chi connectivity index (χ0) is 25.8. The van der Waals surface area contributed by atoms with Crippen LogP contribution in [0, 0.1) is 11.7 Å². The number of carbonyl (C=O) groups is 2. The molecule has 0 bridgehead atoms. The SMILES string of the molecule is CCc1ccccc1NC(=O)CN1C(=O)[C@H]([C@H](C)CC)N=C(c2ccccc2F)c2cc(Cl)ccc21. The molecule has 3 aromatic rings. The van der Waals surface area contributed by atoms with Gasteiger partial charge in [-0.15, -0.1) is 0 Å². The second-order valence-corrected chi connectivity index (χ2v) is 9.37. The third-order valence-corrected chi connectivity index (χ3v) is 6.81. The first-order valence-corrected chi connectivity index (χ1v) is 12.5. The number of hydrogen-bond donors (Lipinski definition) is 1. The summed E-state index contributed by atoms with van der Waals surface area (Å²) in [4.78, 5) is 33.3. The molecule has 0 radical (unpaired) electrons. The molecule has 7 heteroatoms. The quantitative estimate of drug-likeness (QED) is 0.411. The van der Waals surface area contributed by atoms with E-state index < -0.39 is 11.9 Å². The third-order valence-electron chi connectivity index (χ3n) is 6.58. The number of aryl methyl sites for hydroxylation is 1. The topological polar surface area (TPSA) is 61.8 Å². The highest BCUT2D eigenvalue weighted by Gasteiger charge is 2.36. The highest BCUT2D eigenvalue weighted by Crippen LogP contribution is 2.33. The van der Waals surface area contributed by atoms with Gasteiger partial charge in [-0.1, -0.05) is 69.1 Å². The van der Waals surface area contributed by atoms with Crippen molar-refractivity contribution >= 4 is 40.5 Å². The van der Waals surface area contributed by atoms with Gasteiger partial charge in [0.15, 0.2) is 0 Å². The van der Waals surface area contributed by atoms with Crippen LogP contribution in [-0.4, -0.2) is 30.1 Å². The van der Waals surface area contributed by atoms with E-state index in [1.165, 1.54) is 11.0 Å². The molecule has 2 atom stereocenters. The van der Waals surface area contributed by atoms with E-state index in [2.05, 4.69) is 5.32 Å². The average Bonchev–Trinajstić information content (AvgIpc) is 2.99. The highest BCUT2D eigenvalue weighted by atomic mass is 35.5. The Kier molecular flexibility index (Phi) is 7.85. The van der Waals surface area contributed by atoms with Crippen molar-refractivity contribution in [1.29, 1.82) is 0 Å². The molecule has 0 fully saturated rings. The van der Waals surface area contributed by atoms with Crippen LogP contribution in [0.4, 0.5) is 15.8 Å². The van der Waals surface area contributed by atoms with E-state index in [9.17, 15) is 14.0 Å². The lowest BCUT2D eigenvalue weighted by Gasteiger charge is -2.27. The number of halogens is 2. The van der Waals surface area contributed by atoms with Gasteiger partial charge in [-0.3, -0.25) is 14.6 Å². The van der Waals surface area contributed by atoms with Gasteiger partial charge in [0.1, 0.15) is 18.4 Å². The zero-order valence-electron chi connectivity index (χ0n) is 20.6. The Morgan fingerprint density at radius 3 is 2.53 bits per heavy atom. The van der Waals surface area contributed by atoms with Crippen molar-refractivity contribution in [3.05, 3.63) is 94.3 Å². The summed E-state index contributed by atoms with van der Waals surface area (Å²) in [5.74, 6) is -1.21. The minimum absolute atomic E-state index is 0.129. The van der Waals surface area contributed by atoms with Crippen molar-refractivity contribution in [2.24, 2.45) is 10.9 Å². The smallest absolute Gasteiger partial charge is 0.252 e. The summed E-state index contributed by atoms with van der Waals surface area (Å²) in [6.07, 6.45) is 1.45. The highest BCUT2D eigenvalue weighted by molar-refractivity contribution is 6.32. The number of carbonyl (C=O) groups excluding carboxylic acids is 2. The molecule has 0 aliphatic carbocycles. The van der Waals surface area contributed by atoms with E-state index in [4.69, 9.17) is 16.6 Å². The molecule has 0 unspecified atom stereocenters. The number of amides is 2. The summed E-state index contributed by atoms with van der Waals surface area (Å²) in [7, 11) is 0. The maximum atomic E-state index is 15.0. The number of rotatable bonds is 7. The van der Waals surface area contributed by atoms with Gasteiger partial charge in [0, 0.05) is 21.8 Å². The predicted molar refractivity (Wildman–Crippen MR) is 144 cm³/mol. The summed E-state index contributed by atoms with van der Waals surface area (Å²) in [6.45, 7) is 5.72. The lowest BCUT2D eigenvalue weighted by Crippen LogP contribution is -2.44. The Hall–Kier alpha value is -3.51. The number of benzene rings is 3. The number of benzodiazepines with no additional fused rings is 1. The Labute approximate surface area is 216 Å². The molecule has 2 amide bonds. The largest absolute Gasteiger partial charge is 0.324 e. The van der Waals surface area contributed by atoms with Crippen molar-refractivity contribution in [2.75, 3.05) is 16.8 Å². The zero-order valence-corrected chi connectivity index (χ0v) is 21.3. The monoisotopic (exact) mass is 505 g/mol. The maximum absolute atomic E-state index is 15.0. The van der Waals surface area contributed by atoms with Gasteiger partial charge in [-0.25, -0.2) is 4.39 Å². The molecule has 1 aliphatic heterocycles. The van der Waals surface area contributed by atoms with E-state index in [0.717, 1.165) is 12.0 Å². The molecule has 3 aromatic carbocycles. The lowest BCUT2D eigenvalue weighted by molar-refractivity contribution is -0.123. The fourth-order valence-electron chi connectivity index (χ4n) is 4.38. The fourth-order valence-corrected chi connectivity index (χ4v) is 4.56. The van der Waals surface area contributed by atoms with Crippen LogP contribution < -0.4 is 10.2 Å². The second-order valence-electron chi connectivity index (χ2n) is 8.93. The number of nitrogens with zero attached hydrogens (tertiary/aromatic N) is 2. The molecule has 5 nitrogen and oxygen atoms in total. The van der Waals surface area contributed by atoms with Crippen LogP contribution >= 0.6 is 11.6 Å². The van der Waals surface area contributed by atoms with Crippen LogP contribution in [-0.2, 0) is 16.0 Å². The van der Waals surface area contributed by atoms with Crippen LogP contribution in [0.25, 0.3) is 0 Å². The van der Waals surface area contributed by atoms with Crippen molar-refractivity contribution in [3.63, 3.8) is 0 Å². The molecular formula is C29H29ClFN3O2. The molecule has 1 heterocycles. The minimum atomic E-state index is -0.786. The van der Waals surface area contributed by atoms with E-state index >= 15 is 0 Å². The number of anilines is 2. The van der Waals surface area contributed by atoms with Gasteiger partial charge in [0.2, 0.25) is 5.91 Å². The number of aliphatic imine (C=N–C) groups is 1. The van der Waals surface area contributed by atoms with Crippen molar-refractivity contribution in [1.82, 2.24) is 0 Å². The summed E-state index contributed by atoms with van der Waals surface area (Å²) in [6, 6.07) is 18.2. The predicted octanol–water partition coefficient (Wildman–Crippen LogP) is 6.28. The Morgan fingerprint density at radius 2 is 1.81 bits per heavy atom. The second kappa shape index (κ2) is 11.0. The first-order chi connectivity index (χ1) is 17.3. The van der Waals surface area contributed by atoms with Crippen LogP contribution in [0.1, 0.15) is 43.9 Å². The molecule has 0 spiro atoms. The molecule has 0 saturated heterocycles. The van der Waals surface area contributed by atoms with Crippen LogP contribution in [0.15, 0.2) is 71.7 Å². The first-order valence-electron chi connectivity index (χ1n) is 12.2. The molecule has 186 valence electrons. The van der Waals surface area contributed by atoms with Crippen LogP contribution in [0.3, 0.4) is 0 Å². The number of para-hydroxylation sites is 1. The molecular weight excluding hydrogens is 477 g/mol. The molecule has 36 heavy (non-hydrogen) atoms. The van der Waals surface area contributed by atoms with Gasteiger partial charge in [-0.2, -0.15) is 0 Å². The summed E-state index contributed by atoms with van der Waals surface area (Å²) >= 11 is 6.35. The molecule has 1 aliphatic rings. The Bertz CT molecular complexity index is 1320. The fraction of sp³-hybridized carbons (Fsp3) is 0.276. The standard InChI is InChI=1S/C29H29ClFN3O2/c1-4-18(3)27-29(36)34(17-26(35)32-24-13-9-6-10-19(24)5-2)25-15-14-20(30)16-22(25)28(33-27)21-11-7-8-12-23(21)31/h6-16,18,27H,4-5,17H2,1-3H3,(H,32,35)/t18-,27+/m1/s1. The summed E-state index contributed by atoms with van der Waals surface area (Å²) in [5, 5.41) is 3.37. The number of fused-ring (bicyclic) bond motifs is 1. The third kappa shape index (κ3) is 5.19. The van der Waals surface area contributed by atoms with E-state index in [1.54, 1.807) is 36.4 Å². The molecule has 0 aromatic heterocycles. The van der Waals surface area contributed by atoms with Crippen molar-refractivity contribution < 1.29 is 14.0 Å². The molecule has 1 N–H and O–H groups in total. The van der Waals surface area contributed by atoms with Crippen molar-refractivity contribution in [3.8, 4) is 0 Å². The van der Waals surface area contributed by atoms with Gasteiger partial charge >= 0.3 is 0 Å². The Balaban J connectivity index is 1.80. The van der Waals surface area contributed by atoms with Gasteiger partial charge in [0.05, 0.1) is 11.4 Å². The normalized spacial score (nSPS) is 16.1. The van der Waals surface area contributed by atoms with E-state index in [0.29, 0.717) is 34.1 Å². The van der Waals surface area contributed by atoms with Gasteiger partial charge in [-0.05, 0) is 54.3 Å². The Morgan fingerprint density at radius 1 is 1.08 bits per heavy atom. The molecule has 0 saturated carbocycles. The summed E-state index contributed by atoms with van der Waals surface area (Å²) < 4.78 is 15.0. The van der Waals surface area contributed by atoms with E-state index in [-0.39, 0.29) is 29.8 Å². The van der Waals surface area contributed by atoms with Crippen molar-refractivity contribution in [2.45, 2.75) is 39.7 Å². The average molecular weight is 506 g/mol.